The van der Waals surface area contributed by atoms with Gasteiger partial charge in [-0.25, -0.2) is 0 Å². The third kappa shape index (κ3) is 3.62. The van der Waals surface area contributed by atoms with Crippen molar-refractivity contribution in [2.75, 3.05) is 11.9 Å². The molecule has 0 fully saturated rings. The third-order valence-corrected chi connectivity index (χ3v) is 3.55. The molecular weight excluding hydrogens is 299 g/mol. The molecule has 0 aromatic heterocycles. The molecule has 0 saturated carbocycles. The van der Waals surface area contributed by atoms with E-state index in [-0.39, 0.29) is 5.69 Å². The summed E-state index contributed by atoms with van der Waals surface area (Å²) in [5, 5.41) is 15.0. The molecule has 6 heteroatoms. The number of anilines is 1. The first-order valence-corrected chi connectivity index (χ1v) is 6.75. The average Bonchev–Trinajstić information content (AvgIpc) is 2.43. The molecule has 0 aliphatic heterocycles. The number of halogens is 2. The summed E-state index contributed by atoms with van der Waals surface area (Å²) < 4.78 is 0. The van der Waals surface area contributed by atoms with Crippen molar-refractivity contribution in [3.63, 3.8) is 0 Å². The number of nitrogens with one attached hydrogen (secondary N) is 1. The molecule has 0 unspecified atom stereocenters. The quantitative estimate of drug-likeness (QED) is 0.650. The lowest BCUT2D eigenvalue weighted by molar-refractivity contribution is -0.384. The second kappa shape index (κ2) is 6.59. The molecule has 0 aliphatic carbocycles. The van der Waals surface area contributed by atoms with Gasteiger partial charge in [-0.1, -0.05) is 41.4 Å². The second-order valence-electron chi connectivity index (χ2n) is 4.20. The van der Waals surface area contributed by atoms with E-state index < -0.39 is 4.92 Å². The second-order valence-corrected chi connectivity index (χ2v) is 5.01. The van der Waals surface area contributed by atoms with Crippen LogP contribution in [0.4, 0.5) is 11.4 Å². The zero-order chi connectivity index (χ0) is 14.5. The summed E-state index contributed by atoms with van der Waals surface area (Å²) in [5.74, 6) is 0. The summed E-state index contributed by atoms with van der Waals surface area (Å²) in [4.78, 5) is 10.5. The molecule has 0 saturated heterocycles. The van der Waals surface area contributed by atoms with E-state index in [9.17, 15) is 10.1 Å². The molecule has 2 aromatic rings. The van der Waals surface area contributed by atoms with Crippen LogP contribution in [-0.4, -0.2) is 11.5 Å². The zero-order valence-corrected chi connectivity index (χ0v) is 12.0. The van der Waals surface area contributed by atoms with Crippen LogP contribution in [-0.2, 0) is 6.42 Å². The summed E-state index contributed by atoms with van der Waals surface area (Å²) >= 11 is 11.8. The first-order chi connectivity index (χ1) is 9.58. The lowest BCUT2D eigenvalue weighted by Gasteiger charge is -2.07. The fourth-order valence-electron chi connectivity index (χ4n) is 1.82. The van der Waals surface area contributed by atoms with Gasteiger partial charge >= 0.3 is 0 Å². The Morgan fingerprint density at radius 1 is 1.10 bits per heavy atom. The van der Waals surface area contributed by atoms with E-state index in [2.05, 4.69) is 5.32 Å². The molecule has 104 valence electrons. The van der Waals surface area contributed by atoms with Gasteiger partial charge in [-0.15, -0.1) is 0 Å². The fraction of sp³-hybridized carbons (Fsp3) is 0.143. The van der Waals surface area contributed by atoms with Gasteiger partial charge in [0.15, 0.2) is 0 Å². The Bertz CT molecular complexity index is 632. The van der Waals surface area contributed by atoms with E-state index in [0.717, 1.165) is 5.56 Å². The first kappa shape index (κ1) is 14.6. The van der Waals surface area contributed by atoms with E-state index in [1.807, 2.05) is 6.07 Å². The van der Waals surface area contributed by atoms with Crippen molar-refractivity contribution >= 4 is 34.6 Å². The minimum atomic E-state index is -0.401. The van der Waals surface area contributed by atoms with Gasteiger partial charge in [-0.2, -0.15) is 0 Å². The Labute approximate surface area is 126 Å². The van der Waals surface area contributed by atoms with E-state index in [0.29, 0.717) is 28.7 Å². The maximum absolute atomic E-state index is 10.9. The molecule has 0 amide bonds. The van der Waals surface area contributed by atoms with Crippen molar-refractivity contribution in [2.24, 2.45) is 0 Å². The molecule has 4 nitrogen and oxygen atoms in total. The number of para-hydroxylation sites is 2. The van der Waals surface area contributed by atoms with E-state index in [4.69, 9.17) is 23.2 Å². The van der Waals surface area contributed by atoms with Gasteiger partial charge in [0.05, 0.1) is 15.0 Å². The Kier molecular flexibility index (Phi) is 4.82. The number of nitro benzene ring substituents is 1. The Balaban J connectivity index is 1.99. The minimum Gasteiger partial charge on any atom is -0.379 e. The molecular formula is C14H12Cl2N2O2. The highest BCUT2D eigenvalue weighted by atomic mass is 35.5. The predicted octanol–water partition coefficient (Wildman–Crippen LogP) is 4.56. The molecule has 1 N–H and O–H groups in total. The SMILES string of the molecule is O=[N+]([O-])c1ccccc1NCCc1ccc(Cl)c(Cl)c1. The number of hydrogen-bond donors (Lipinski definition) is 1. The highest BCUT2D eigenvalue weighted by Crippen LogP contribution is 2.24. The Hall–Kier alpha value is -1.78. The number of benzene rings is 2. The average molecular weight is 311 g/mol. The largest absolute Gasteiger partial charge is 0.379 e. The number of rotatable bonds is 5. The highest BCUT2D eigenvalue weighted by Gasteiger charge is 2.11. The topological polar surface area (TPSA) is 55.2 Å². The van der Waals surface area contributed by atoms with E-state index >= 15 is 0 Å². The van der Waals surface area contributed by atoms with E-state index in [1.54, 1.807) is 30.3 Å². The van der Waals surface area contributed by atoms with E-state index in [1.165, 1.54) is 6.07 Å². The number of nitro groups is 1. The van der Waals surface area contributed by atoms with Crippen molar-refractivity contribution in [1.82, 2.24) is 0 Å². The molecule has 0 atom stereocenters. The molecule has 0 bridgehead atoms. The van der Waals surface area contributed by atoms with Crippen LogP contribution < -0.4 is 5.32 Å². The summed E-state index contributed by atoms with van der Waals surface area (Å²) in [7, 11) is 0. The monoisotopic (exact) mass is 310 g/mol. The number of nitrogens with zero attached hydrogens (tertiary/aromatic N) is 1. The predicted molar refractivity (Wildman–Crippen MR) is 81.8 cm³/mol. The Morgan fingerprint density at radius 3 is 2.55 bits per heavy atom. The van der Waals surface area contributed by atoms with Crippen LogP contribution in [0.2, 0.25) is 10.0 Å². The van der Waals surface area contributed by atoms with Crippen molar-refractivity contribution in [2.45, 2.75) is 6.42 Å². The van der Waals surface area contributed by atoms with Crippen molar-refractivity contribution in [3.8, 4) is 0 Å². The van der Waals surface area contributed by atoms with Crippen LogP contribution in [0.5, 0.6) is 0 Å². The van der Waals surface area contributed by atoms with Gasteiger partial charge in [0.25, 0.3) is 5.69 Å². The summed E-state index contributed by atoms with van der Waals surface area (Å²) in [6.07, 6.45) is 0.697. The van der Waals surface area contributed by atoms with Crippen molar-refractivity contribution in [1.29, 1.82) is 0 Å². The molecule has 2 rings (SSSR count). The summed E-state index contributed by atoms with van der Waals surface area (Å²) in [5.41, 5.74) is 1.60. The molecule has 0 radical (unpaired) electrons. The van der Waals surface area contributed by atoms with Crippen LogP contribution in [0.15, 0.2) is 42.5 Å². The first-order valence-electron chi connectivity index (χ1n) is 5.99. The molecule has 0 spiro atoms. The van der Waals surface area contributed by atoms with Gasteiger partial charge in [0.1, 0.15) is 5.69 Å². The van der Waals surface area contributed by atoms with Crippen LogP contribution in [0, 0.1) is 10.1 Å². The molecule has 0 aliphatic rings. The smallest absolute Gasteiger partial charge is 0.292 e. The molecule has 0 heterocycles. The van der Waals surface area contributed by atoms with Gasteiger partial charge in [0.2, 0.25) is 0 Å². The highest BCUT2D eigenvalue weighted by molar-refractivity contribution is 6.42. The van der Waals surface area contributed by atoms with Crippen LogP contribution in [0.3, 0.4) is 0 Å². The summed E-state index contributed by atoms with van der Waals surface area (Å²) in [6.45, 7) is 0.572. The number of hydrogen-bond acceptors (Lipinski definition) is 3. The van der Waals surface area contributed by atoms with Crippen molar-refractivity contribution in [3.05, 3.63) is 68.2 Å². The fourth-order valence-corrected chi connectivity index (χ4v) is 2.14. The standard InChI is InChI=1S/C14H12Cl2N2O2/c15-11-6-5-10(9-12(11)16)7-8-17-13-3-1-2-4-14(13)18(19)20/h1-6,9,17H,7-8H2. The molecule has 2 aromatic carbocycles. The molecule has 20 heavy (non-hydrogen) atoms. The van der Waals surface area contributed by atoms with Gasteiger partial charge in [-0.05, 0) is 30.2 Å². The van der Waals surface area contributed by atoms with Crippen molar-refractivity contribution < 1.29 is 4.92 Å². The maximum atomic E-state index is 10.9. The maximum Gasteiger partial charge on any atom is 0.292 e. The lowest BCUT2D eigenvalue weighted by Crippen LogP contribution is -2.06. The minimum absolute atomic E-state index is 0.0710. The summed E-state index contributed by atoms with van der Waals surface area (Å²) in [6, 6.07) is 12.0. The van der Waals surface area contributed by atoms with Gasteiger partial charge in [0, 0.05) is 12.6 Å². The zero-order valence-electron chi connectivity index (χ0n) is 10.5. The third-order valence-electron chi connectivity index (χ3n) is 2.81. The normalized spacial score (nSPS) is 10.3. The Morgan fingerprint density at radius 2 is 1.85 bits per heavy atom. The van der Waals surface area contributed by atoms with Crippen LogP contribution >= 0.6 is 23.2 Å². The van der Waals surface area contributed by atoms with Crippen LogP contribution in [0.25, 0.3) is 0 Å². The van der Waals surface area contributed by atoms with Crippen LogP contribution in [0.1, 0.15) is 5.56 Å². The van der Waals surface area contributed by atoms with Gasteiger partial charge in [-0.3, -0.25) is 10.1 Å². The van der Waals surface area contributed by atoms with Gasteiger partial charge < -0.3 is 5.32 Å². The lowest BCUT2D eigenvalue weighted by atomic mass is 10.1.